The topological polar surface area (TPSA) is 138 Å². The van der Waals surface area contributed by atoms with E-state index in [4.69, 9.17) is 27.9 Å². The Kier molecular flexibility index (Phi) is 5.95. The fraction of sp³-hybridized carbons (Fsp3) is 0.647. The SMILES string of the molecule is COc1ccc(OC[C@H]2O[C@H]3OC(C)(C)O[C@H]3[C@]2(COS(C)(=O)=O)N=[N+]=[N-])cc1. The van der Waals surface area contributed by atoms with Gasteiger partial charge in [-0.1, -0.05) is 5.11 Å². The van der Waals surface area contributed by atoms with Crippen molar-refractivity contribution in [2.24, 2.45) is 5.11 Å². The van der Waals surface area contributed by atoms with Crippen LogP contribution in [0.1, 0.15) is 13.8 Å². The van der Waals surface area contributed by atoms with Gasteiger partial charge in [-0.05, 0) is 43.6 Å². The number of rotatable bonds is 8. The quantitative estimate of drug-likeness (QED) is 0.265. The van der Waals surface area contributed by atoms with Crippen LogP contribution in [0.15, 0.2) is 29.4 Å². The molecule has 2 aliphatic heterocycles. The summed E-state index contributed by atoms with van der Waals surface area (Å²) in [4.78, 5) is 2.89. The molecule has 0 unspecified atom stereocenters. The van der Waals surface area contributed by atoms with Crippen molar-refractivity contribution in [3.8, 4) is 11.5 Å². The van der Waals surface area contributed by atoms with E-state index >= 15 is 0 Å². The number of nitrogens with zero attached hydrogens (tertiary/aromatic N) is 3. The molecule has 0 N–H and O–H groups in total. The zero-order valence-corrected chi connectivity index (χ0v) is 17.3. The fourth-order valence-electron chi connectivity index (χ4n) is 3.27. The number of methoxy groups -OCH3 is 1. The van der Waals surface area contributed by atoms with Crippen molar-refractivity contribution in [3.63, 3.8) is 0 Å². The molecule has 0 amide bonds. The van der Waals surface area contributed by atoms with Crippen molar-refractivity contribution in [2.75, 3.05) is 26.6 Å². The molecule has 0 radical (unpaired) electrons. The van der Waals surface area contributed by atoms with Gasteiger partial charge in [0.15, 0.2) is 12.1 Å². The minimum Gasteiger partial charge on any atom is -0.497 e. The molecule has 0 aromatic heterocycles. The first-order valence-electron chi connectivity index (χ1n) is 8.77. The van der Waals surface area contributed by atoms with Crippen LogP contribution in [0, 0.1) is 0 Å². The van der Waals surface area contributed by atoms with E-state index < -0.39 is 46.5 Å². The van der Waals surface area contributed by atoms with Crippen LogP contribution in [0.4, 0.5) is 0 Å². The number of hydrogen-bond acceptors (Lipinski definition) is 9. The van der Waals surface area contributed by atoms with E-state index in [2.05, 4.69) is 10.0 Å². The molecule has 3 rings (SSSR count). The molecule has 12 heteroatoms. The maximum absolute atomic E-state index is 11.6. The molecule has 2 fully saturated rings. The minimum absolute atomic E-state index is 0.0569. The Morgan fingerprint density at radius 1 is 1.21 bits per heavy atom. The highest BCUT2D eigenvalue weighted by Gasteiger charge is 2.64. The highest BCUT2D eigenvalue weighted by molar-refractivity contribution is 7.85. The van der Waals surface area contributed by atoms with Crippen LogP contribution < -0.4 is 9.47 Å². The van der Waals surface area contributed by atoms with Gasteiger partial charge in [-0.25, -0.2) is 0 Å². The highest BCUT2D eigenvalue weighted by Crippen LogP contribution is 2.45. The van der Waals surface area contributed by atoms with Gasteiger partial charge in [-0.2, -0.15) is 8.42 Å². The van der Waals surface area contributed by atoms with Crippen LogP contribution in [-0.2, 0) is 28.5 Å². The second kappa shape index (κ2) is 7.98. The summed E-state index contributed by atoms with van der Waals surface area (Å²) < 4.78 is 56.5. The maximum Gasteiger partial charge on any atom is 0.264 e. The molecule has 0 spiro atoms. The van der Waals surface area contributed by atoms with Gasteiger partial charge in [0.25, 0.3) is 10.1 Å². The van der Waals surface area contributed by atoms with Crippen LogP contribution >= 0.6 is 0 Å². The molecule has 29 heavy (non-hydrogen) atoms. The lowest BCUT2D eigenvalue weighted by atomic mass is 9.90. The third-order valence-corrected chi connectivity index (χ3v) is 5.15. The van der Waals surface area contributed by atoms with Gasteiger partial charge < -0.3 is 23.7 Å². The van der Waals surface area contributed by atoms with Crippen molar-refractivity contribution in [2.45, 2.75) is 43.7 Å². The highest BCUT2D eigenvalue weighted by atomic mass is 32.2. The summed E-state index contributed by atoms with van der Waals surface area (Å²) in [6.07, 6.45) is -1.72. The molecule has 0 aliphatic carbocycles. The predicted molar refractivity (Wildman–Crippen MR) is 99.9 cm³/mol. The van der Waals surface area contributed by atoms with Crippen molar-refractivity contribution >= 4 is 10.1 Å². The number of hydrogen-bond donors (Lipinski definition) is 0. The average molecular weight is 429 g/mol. The monoisotopic (exact) mass is 429 g/mol. The molecule has 2 saturated heterocycles. The molecule has 1 aromatic carbocycles. The largest absolute Gasteiger partial charge is 0.497 e. The molecule has 4 atom stereocenters. The lowest BCUT2D eigenvalue weighted by Gasteiger charge is -2.33. The summed E-state index contributed by atoms with van der Waals surface area (Å²) in [7, 11) is -2.26. The molecule has 2 heterocycles. The third kappa shape index (κ3) is 4.74. The summed E-state index contributed by atoms with van der Waals surface area (Å²) in [6, 6.07) is 6.85. The Labute approximate surface area is 168 Å². The molecule has 1 aromatic rings. The van der Waals surface area contributed by atoms with E-state index in [0.717, 1.165) is 6.26 Å². The number of ether oxygens (including phenoxy) is 5. The summed E-state index contributed by atoms with van der Waals surface area (Å²) >= 11 is 0. The van der Waals surface area contributed by atoms with Gasteiger partial charge in [-0.3, -0.25) is 4.18 Å². The van der Waals surface area contributed by atoms with Crippen molar-refractivity contribution in [3.05, 3.63) is 34.7 Å². The Morgan fingerprint density at radius 2 is 1.86 bits per heavy atom. The van der Waals surface area contributed by atoms with E-state index in [0.29, 0.717) is 11.5 Å². The number of azide groups is 1. The molecule has 0 bridgehead atoms. The minimum atomic E-state index is -3.81. The Hall–Kier alpha value is -2.08. The van der Waals surface area contributed by atoms with Crippen LogP contribution in [0.2, 0.25) is 0 Å². The third-order valence-electron chi connectivity index (χ3n) is 4.60. The molecular formula is C17H23N3O8S. The lowest BCUT2D eigenvalue weighted by Crippen LogP contribution is -2.53. The van der Waals surface area contributed by atoms with Gasteiger partial charge in [0.05, 0.1) is 20.0 Å². The van der Waals surface area contributed by atoms with Gasteiger partial charge in [0, 0.05) is 4.91 Å². The summed E-state index contributed by atoms with van der Waals surface area (Å²) in [5, 5.41) is 3.85. The Balaban J connectivity index is 1.85. The number of benzene rings is 1. The van der Waals surface area contributed by atoms with E-state index in [1.165, 1.54) is 0 Å². The first-order valence-corrected chi connectivity index (χ1v) is 10.6. The van der Waals surface area contributed by atoms with Crippen molar-refractivity contribution in [1.82, 2.24) is 0 Å². The van der Waals surface area contributed by atoms with Crippen LogP contribution in [-0.4, -0.2) is 64.8 Å². The van der Waals surface area contributed by atoms with Gasteiger partial charge >= 0.3 is 0 Å². The van der Waals surface area contributed by atoms with Gasteiger partial charge in [0.2, 0.25) is 0 Å². The summed E-state index contributed by atoms with van der Waals surface area (Å²) in [5.74, 6) is 0.184. The zero-order valence-electron chi connectivity index (χ0n) is 16.5. The molecule has 11 nitrogen and oxygen atoms in total. The van der Waals surface area contributed by atoms with Gasteiger partial charge in [-0.15, -0.1) is 0 Å². The Morgan fingerprint density at radius 3 is 2.45 bits per heavy atom. The summed E-state index contributed by atoms with van der Waals surface area (Å²) in [6.45, 7) is 2.82. The van der Waals surface area contributed by atoms with Crippen molar-refractivity contribution < 1.29 is 36.3 Å². The van der Waals surface area contributed by atoms with E-state index in [-0.39, 0.29) is 6.61 Å². The predicted octanol–water partition coefficient (Wildman–Crippen LogP) is 1.98. The second-order valence-corrected chi connectivity index (χ2v) is 8.83. The smallest absolute Gasteiger partial charge is 0.264 e. The Bertz CT molecular complexity index is 884. The van der Waals surface area contributed by atoms with Crippen LogP contribution in [0.25, 0.3) is 10.4 Å². The van der Waals surface area contributed by atoms with Crippen LogP contribution in [0.3, 0.4) is 0 Å². The van der Waals surface area contributed by atoms with E-state index in [1.807, 2.05) is 0 Å². The van der Waals surface area contributed by atoms with E-state index in [9.17, 15) is 13.9 Å². The van der Waals surface area contributed by atoms with Gasteiger partial charge in [0.1, 0.15) is 35.9 Å². The number of fused-ring (bicyclic) bond motifs is 1. The normalized spacial score (nSPS) is 30.4. The second-order valence-electron chi connectivity index (χ2n) is 7.18. The molecule has 2 aliphatic rings. The standard InChI is InChI=1S/C17H23N3O8S/c1-16(2)27-14-15(28-16)26-13(9-24-12-7-5-11(23-3)6-8-12)17(14,19-20-18)10-25-29(4,21)22/h5-8,13-15H,9-10H2,1-4H3/t13-,14-,15+,17-/m1/s1. The molecular weight excluding hydrogens is 406 g/mol. The summed E-state index contributed by atoms with van der Waals surface area (Å²) in [5.41, 5.74) is 7.67. The first kappa shape index (κ1) is 21.6. The van der Waals surface area contributed by atoms with E-state index in [1.54, 1.807) is 45.2 Å². The first-order chi connectivity index (χ1) is 13.6. The van der Waals surface area contributed by atoms with Crippen LogP contribution in [0.5, 0.6) is 11.5 Å². The maximum atomic E-state index is 11.6. The zero-order chi connectivity index (χ0) is 21.3. The molecule has 160 valence electrons. The average Bonchev–Trinajstić information content (AvgIpc) is 3.09. The fourth-order valence-corrected chi connectivity index (χ4v) is 3.67. The molecule has 0 saturated carbocycles. The van der Waals surface area contributed by atoms with Crippen molar-refractivity contribution in [1.29, 1.82) is 0 Å². The lowest BCUT2D eigenvalue weighted by molar-refractivity contribution is -0.215.